The van der Waals surface area contributed by atoms with Gasteiger partial charge in [-0.2, -0.15) is 0 Å². The van der Waals surface area contributed by atoms with Crippen LogP contribution >= 0.6 is 0 Å². The molecule has 1 saturated heterocycles. The van der Waals surface area contributed by atoms with Crippen LogP contribution in [0.2, 0.25) is 0 Å². The van der Waals surface area contributed by atoms with Gasteiger partial charge in [0, 0.05) is 29.5 Å². The maximum atomic E-state index is 12.2. The van der Waals surface area contributed by atoms with Gasteiger partial charge in [0.2, 0.25) is 12.2 Å². The Kier molecular flexibility index (Phi) is 5.26. The number of aliphatic imine (C=N–C) groups is 1. The van der Waals surface area contributed by atoms with E-state index in [0.29, 0.717) is 12.3 Å². The molecule has 3 atom stereocenters. The number of rotatable bonds is 5. The molecule has 8 nitrogen and oxygen atoms in total. The lowest BCUT2D eigenvalue weighted by Gasteiger charge is -2.32. The smallest absolute Gasteiger partial charge is 0.336 e. The van der Waals surface area contributed by atoms with Crippen molar-refractivity contribution in [2.45, 2.75) is 38.7 Å². The van der Waals surface area contributed by atoms with Crippen LogP contribution in [0.15, 0.2) is 59.6 Å². The molecule has 0 radical (unpaired) electrons. The van der Waals surface area contributed by atoms with Crippen LogP contribution in [-0.4, -0.2) is 35.8 Å². The van der Waals surface area contributed by atoms with Crippen molar-refractivity contribution in [2.75, 3.05) is 6.61 Å². The molecule has 0 amide bonds. The lowest BCUT2D eigenvalue weighted by molar-refractivity contribution is -0.384. The average Bonchev–Trinajstić information content (AvgIpc) is 3.01. The van der Waals surface area contributed by atoms with Crippen molar-refractivity contribution in [3.8, 4) is 0 Å². The molecule has 4 rings (SSSR count). The van der Waals surface area contributed by atoms with E-state index in [-0.39, 0.29) is 18.3 Å². The highest BCUT2D eigenvalue weighted by Crippen LogP contribution is 2.36. The number of hydrogen-bond acceptors (Lipinski definition) is 7. The van der Waals surface area contributed by atoms with Crippen molar-refractivity contribution in [3.63, 3.8) is 0 Å². The summed E-state index contributed by atoms with van der Waals surface area (Å²) in [6, 6.07) is 15.4. The first-order chi connectivity index (χ1) is 14.3. The molecular formula is C22H22N2O6. The Morgan fingerprint density at radius 2 is 1.83 bits per heavy atom. The summed E-state index contributed by atoms with van der Waals surface area (Å²) in [6.45, 7) is 4.10. The topological polar surface area (TPSA) is 100 Å². The zero-order chi connectivity index (χ0) is 21.3. The SMILES string of the molecule is CC1(C)COC(=O)[C@@H]1O[C@H]1C[C@H](c2ccc([N+](=O)[O-])cc2)N=C(c2ccccc2)O1. The van der Waals surface area contributed by atoms with E-state index in [9.17, 15) is 14.9 Å². The summed E-state index contributed by atoms with van der Waals surface area (Å²) in [4.78, 5) is 27.4. The number of nitro groups is 1. The first-order valence-corrected chi connectivity index (χ1v) is 9.70. The first kappa shape index (κ1) is 20.0. The molecule has 0 N–H and O–H groups in total. The van der Waals surface area contributed by atoms with Gasteiger partial charge in [-0.3, -0.25) is 10.1 Å². The molecule has 0 spiro atoms. The molecule has 1 fully saturated rings. The first-order valence-electron chi connectivity index (χ1n) is 9.70. The summed E-state index contributed by atoms with van der Waals surface area (Å²) >= 11 is 0. The zero-order valence-electron chi connectivity index (χ0n) is 16.7. The summed E-state index contributed by atoms with van der Waals surface area (Å²) in [7, 11) is 0. The number of carbonyl (C=O) groups excluding carboxylic acids is 1. The monoisotopic (exact) mass is 410 g/mol. The van der Waals surface area contributed by atoms with Gasteiger partial charge in [-0.05, 0) is 17.7 Å². The van der Waals surface area contributed by atoms with Gasteiger partial charge in [-0.1, -0.05) is 44.2 Å². The number of hydrogen-bond donors (Lipinski definition) is 0. The predicted molar refractivity (Wildman–Crippen MR) is 108 cm³/mol. The standard InChI is InChI=1S/C22H22N2O6/c1-22(2)13-28-21(25)19(22)29-18-12-17(14-8-10-16(11-9-14)24(26)27)23-20(30-18)15-6-4-3-5-7-15/h3-11,17-19H,12-13H2,1-2H3/t17-,18-,19+/m1/s1. The maximum Gasteiger partial charge on any atom is 0.336 e. The lowest BCUT2D eigenvalue weighted by atomic mass is 9.89. The van der Waals surface area contributed by atoms with Gasteiger partial charge in [0.25, 0.3) is 5.69 Å². The van der Waals surface area contributed by atoms with Crippen LogP contribution in [0.3, 0.4) is 0 Å². The number of nitrogens with zero attached hydrogens (tertiary/aromatic N) is 2. The van der Waals surface area contributed by atoms with Crippen LogP contribution in [0.25, 0.3) is 0 Å². The maximum absolute atomic E-state index is 12.2. The molecule has 2 heterocycles. The molecule has 0 aromatic heterocycles. The molecule has 0 bridgehead atoms. The third-order valence-corrected chi connectivity index (χ3v) is 5.24. The Bertz CT molecular complexity index is 971. The van der Waals surface area contributed by atoms with Crippen molar-refractivity contribution in [1.29, 1.82) is 0 Å². The van der Waals surface area contributed by atoms with E-state index in [1.54, 1.807) is 12.1 Å². The predicted octanol–water partition coefficient (Wildman–Crippen LogP) is 3.80. The molecule has 0 saturated carbocycles. The van der Waals surface area contributed by atoms with E-state index in [4.69, 9.17) is 19.2 Å². The highest BCUT2D eigenvalue weighted by Gasteiger charge is 2.47. The van der Waals surface area contributed by atoms with E-state index in [2.05, 4.69) is 0 Å². The Morgan fingerprint density at radius 3 is 2.43 bits per heavy atom. The van der Waals surface area contributed by atoms with Crippen LogP contribution in [0.5, 0.6) is 0 Å². The minimum atomic E-state index is -0.741. The van der Waals surface area contributed by atoms with Crippen molar-refractivity contribution in [2.24, 2.45) is 10.4 Å². The molecule has 0 unspecified atom stereocenters. The summed E-state index contributed by atoms with van der Waals surface area (Å²) in [6.07, 6.45) is -1.09. The van der Waals surface area contributed by atoms with Crippen LogP contribution in [0.4, 0.5) is 5.69 Å². The summed E-state index contributed by atoms with van der Waals surface area (Å²) in [5.41, 5.74) is 1.14. The van der Waals surface area contributed by atoms with Gasteiger partial charge >= 0.3 is 5.97 Å². The second-order valence-corrected chi connectivity index (χ2v) is 8.06. The molecule has 2 aromatic rings. The third-order valence-electron chi connectivity index (χ3n) is 5.24. The van der Waals surface area contributed by atoms with Gasteiger partial charge < -0.3 is 14.2 Å². The number of non-ortho nitro benzene ring substituents is 1. The van der Waals surface area contributed by atoms with E-state index < -0.39 is 28.7 Å². The molecule has 2 aliphatic heterocycles. The minimum Gasteiger partial charge on any atom is -0.463 e. The third kappa shape index (κ3) is 4.04. The Morgan fingerprint density at radius 1 is 1.13 bits per heavy atom. The number of nitro benzene ring substituents is 1. The van der Waals surface area contributed by atoms with Crippen molar-refractivity contribution >= 4 is 17.6 Å². The van der Waals surface area contributed by atoms with Crippen molar-refractivity contribution in [1.82, 2.24) is 0 Å². The van der Waals surface area contributed by atoms with Gasteiger partial charge in [0.15, 0.2) is 6.10 Å². The van der Waals surface area contributed by atoms with Crippen LogP contribution in [-0.2, 0) is 19.0 Å². The number of benzene rings is 2. The fourth-order valence-corrected chi connectivity index (χ4v) is 3.53. The summed E-state index contributed by atoms with van der Waals surface area (Å²) in [5.74, 6) is -0.00127. The second-order valence-electron chi connectivity index (χ2n) is 8.06. The number of ether oxygens (including phenoxy) is 3. The Balaban J connectivity index is 1.63. The highest BCUT2D eigenvalue weighted by atomic mass is 16.7. The molecule has 156 valence electrons. The minimum absolute atomic E-state index is 0.0151. The molecular weight excluding hydrogens is 388 g/mol. The number of esters is 1. The fourth-order valence-electron chi connectivity index (χ4n) is 3.53. The van der Waals surface area contributed by atoms with E-state index in [0.717, 1.165) is 11.1 Å². The van der Waals surface area contributed by atoms with E-state index >= 15 is 0 Å². The van der Waals surface area contributed by atoms with Crippen LogP contribution < -0.4 is 0 Å². The molecule has 8 heteroatoms. The van der Waals surface area contributed by atoms with Crippen LogP contribution in [0.1, 0.15) is 37.4 Å². The van der Waals surface area contributed by atoms with E-state index in [1.165, 1.54) is 12.1 Å². The Labute approximate surface area is 173 Å². The normalized spacial score (nSPS) is 25.2. The summed E-state index contributed by atoms with van der Waals surface area (Å²) in [5, 5.41) is 11.0. The molecule has 30 heavy (non-hydrogen) atoms. The van der Waals surface area contributed by atoms with Gasteiger partial charge in [-0.25, -0.2) is 9.79 Å². The quantitative estimate of drug-likeness (QED) is 0.422. The van der Waals surface area contributed by atoms with E-state index in [1.807, 2.05) is 44.2 Å². The van der Waals surface area contributed by atoms with Gasteiger partial charge in [0.05, 0.1) is 17.6 Å². The van der Waals surface area contributed by atoms with Crippen molar-refractivity contribution in [3.05, 3.63) is 75.8 Å². The average molecular weight is 410 g/mol. The van der Waals surface area contributed by atoms with Gasteiger partial charge in [0.1, 0.15) is 0 Å². The largest absolute Gasteiger partial charge is 0.463 e. The molecule has 0 aliphatic carbocycles. The highest BCUT2D eigenvalue weighted by molar-refractivity contribution is 5.94. The fraction of sp³-hybridized carbons (Fsp3) is 0.364. The van der Waals surface area contributed by atoms with Gasteiger partial charge in [-0.15, -0.1) is 0 Å². The molecule has 2 aliphatic rings. The number of carbonyl (C=O) groups is 1. The summed E-state index contributed by atoms with van der Waals surface area (Å²) < 4.78 is 17.2. The zero-order valence-corrected chi connectivity index (χ0v) is 16.7. The molecule has 2 aromatic carbocycles. The lowest BCUT2D eigenvalue weighted by Crippen LogP contribution is -2.40. The van der Waals surface area contributed by atoms with Crippen molar-refractivity contribution < 1.29 is 23.9 Å². The van der Waals surface area contributed by atoms with Crippen LogP contribution in [0, 0.1) is 15.5 Å². The Hall–Kier alpha value is -3.26. The second kappa shape index (κ2) is 7.87. The number of cyclic esters (lactones) is 1.